The molecule has 0 spiro atoms. The number of hydrogen-bond donors (Lipinski definition) is 2. The lowest BCUT2D eigenvalue weighted by Gasteiger charge is -2.13. The van der Waals surface area contributed by atoms with Crippen LogP contribution in [0.15, 0.2) is 18.2 Å². The molecule has 6 heteroatoms. The highest BCUT2D eigenvalue weighted by Gasteiger charge is 2.27. The summed E-state index contributed by atoms with van der Waals surface area (Å²) >= 11 is 0. The number of amides is 2. The van der Waals surface area contributed by atoms with E-state index in [0.717, 1.165) is 0 Å². The number of ether oxygens (including phenoxy) is 2. The van der Waals surface area contributed by atoms with Gasteiger partial charge in [0, 0.05) is 24.7 Å². The molecular formula is C14H18N2O4. The van der Waals surface area contributed by atoms with Crippen molar-refractivity contribution in [2.45, 2.75) is 13.3 Å². The molecule has 0 radical (unpaired) electrons. The summed E-state index contributed by atoms with van der Waals surface area (Å²) in [5.41, 5.74) is 0.624. The quantitative estimate of drug-likeness (QED) is 0.847. The van der Waals surface area contributed by atoms with Gasteiger partial charge in [-0.1, -0.05) is 0 Å². The lowest BCUT2D eigenvalue weighted by Crippen LogP contribution is -2.24. The summed E-state index contributed by atoms with van der Waals surface area (Å²) in [4.78, 5) is 23.1. The van der Waals surface area contributed by atoms with E-state index in [0.29, 0.717) is 30.3 Å². The third kappa shape index (κ3) is 3.20. The van der Waals surface area contributed by atoms with Crippen LogP contribution >= 0.6 is 0 Å². The van der Waals surface area contributed by atoms with Crippen LogP contribution in [0.2, 0.25) is 0 Å². The molecule has 0 aliphatic carbocycles. The predicted octanol–water partition coefficient (Wildman–Crippen LogP) is 1.17. The molecule has 108 valence electrons. The highest BCUT2D eigenvalue weighted by Crippen LogP contribution is 2.30. The largest absolute Gasteiger partial charge is 0.493 e. The number of rotatable bonds is 5. The van der Waals surface area contributed by atoms with E-state index in [1.807, 2.05) is 6.92 Å². The van der Waals surface area contributed by atoms with Gasteiger partial charge >= 0.3 is 0 Å². The van der Waals surface area contributed by atoms with E-state index >= 15 is 0 Å². The Morgan fingerprint density at radius 3 is 2.85 bits per heavy atom. The van der Waals surface area contributed by atoms with Crippen LogP contribution in [-0.2, 0) is 9.59 Å². The molecule has 2 N–H and O–H groups in total. The number of nitrogens with one attached hydrogen (secondary N) is 2. The number of anilines is 1. The molecule has 0 aromatic heterocycles. The summed E-state index contributed by atoms with van der Waals surface area (Å²) in [6.07, 6.45) is 0.236. The third-order valence-electron chi connectivity index (χ3n) is 3.08. The minimum atomic E-state index is -0.319. The lowest BCUT2D eigenvalue weighted by atomic mass is 10.1. The van der Waals surface area contributed by atoms with Crippen LogP contribution in [-0.4, -0.2) is 32.1 Å². The van der Waals surface area contributed by atoms with Gasteiger partial charge < -0.3 is 20.1 Å². The first-order chi connectivity index (χ1) is 9.63. The van der Waals surface area contributed by atoms with Gasteiger partial charge in [0.15, 0.2) is 11.5 Å². The molecule has 1 aliphatic rings. The summed E-state index contributed by atoms with van der Waals surface area (Å²) in [5.74, 6) is 0.613. The monoisotopic (exact) mass is 278 g/mol. The van der Waals surface area contributed by atoms with Gasteiger partial charge in [0.05, 0.1) is 19.6 Å². The summed E-state index contributed by atoms with van der Waals surface area (Å²) in [6, 6.07) is 5.19. The number of benzene rings is 1. The van der Waals surface area contributed by atoms with Crippen LogP contribution in [0.4, 0.5) is 5.69 Å². The molecule has 0 saturated carbocycles. The zero-order valence-corrected chi connectivity index (χ0v) is 11.6. The maximum absolute atomic E-state index is 12.0. The van der Waals surface area contributed by atoms with Gasteiger partial charge in [-0.3, -0.25) is 9.59 Å². The zero-order valence-electron chi connectivity index (χ0n) is 11.6. The average molecular weight is 278 g/mol. The predicted molar refractivity (Wildman–Crippen MR) is 73.9 cm³/mol. The van der Waals surface area contributed by atoms with Crippen LogP contribution in [0.1, 0.15) is 13.3 Å². The maximum Gasteiger partial charge on any atom is 0.229 e. The standard InChI is InChI=1S/C14H18N2O4/c1-3-20-12-7-10(4-5-11(12)19-2)16-14(18)9-6-13(17)15-8-9/h4-5,7,9H,3,6,8H2,1-2H3,(H,15,17)(H,16,18). The second-order valence-corrected chi connectivity index (χ2v) is 4.49. The molecule has 1 aromatic carbocycles. The van der Waals surface area contributed by atoms with Crippen molar-refractivity contribution in [2.24, 2.45) is 5.92 Å². The van der Waals surface area contributed by atoms with Crippen LogP contribution in [0.3, 0.4) is 0 Å². The van der Waals surface area contributed by atoms with E-state index in [9.17, 15) is 9.59 Å². The molecule has 1 fully saturated rings. The Balaban J connectivity index is 2.07. The minimum absolute atomic E-state index is 0.0881. The van der Waals surface area contributed by atoms with Gasteiger partial charge in [-0.05, 0) is 19.1 Å². The van der Waals surface area contributed by atoms with E-state index in [2.05, 4.69) is 10.6 Å². The van der Waals surface area contributed by atoms with Crippen molar-refractivity contribution in [3.8, 4) is 11.5 Å². The van der Waals surface area contributed by atoms with Crippen molar-refractivity contribution >= 4 is 17.5 Å². The minimum Gasteiger partial charge on any atom is -0.493 e. The van der Waals surface area contributed by atoms with Gasteiger partial charge in [0.1, 0.15) is 0 Å². The van der Waals surface area contributed by atoms with Crippen LogP contribution in [0.25, 0.3) is 0 Å². The van der Waals surface area contributed by atoms with Crippen molar-refractivity contribution in [2.75, 3.05) is 25.6 Å². The molecule has 1 unspecified atom stereocenters. The van der Waals surface area contributed by atoms with E-state index in [-0.39, 0.29) is 24.2 Å². The molecule has 2 rings (SSSR count). The van der Waals surface area contributed by atoms with Crippen molar-refractivity contribution in [1.29, 1.82) is 0 Å². The molecular weight excluding hydrogens is 260 g/mol. The van der Waals surface area contributed by atoms with E-state index < -0.39 is 0 Å². The molecule has 1 aromatic rings. The fraction of sp³-hybridized carbons (Fsp3) is 0.429. The molecule has 1 heterocycles. The number of hydrogen-bond acceptors (Lipinski definition) is 4. The van der Waals surface area contributed by atoms with E-state index in [4.69, 9.17) is 9.47 Å². The smallest absolute Gasteiger partial charge is 0.229 e. The van der Waals surface area contributed by atoms with Gasteiger partial charge in [-0.2, -0.15) is 0 Å². The molecule has 2 amide bonds. The summed E-state index contributed by atoms with van der Waals surface area (Å²) in [5, 5.41) is 5.43. The normalized spacial score (nSPS) is 17.5. The van der Waals surface area contributed by atoms with Crippen molar-refractivity contribution in [3.63, 3.8) is 0 Å². The van der Waals surface area contributed by atoms with Gasteiger partial charge in [0.2, 0.25) is 11.8 Å². The Morgan fingerprint density at radius 1 is 1.45 bits per heavy atom. The molecule has 1 saturated heterocycles. The summed E-state index contributed by atoms with van der Waals surface area (Å²) < 4.78 is 10.6. The first-order valence-corrected chi connectivity index (χ1v) is 6.52. The van der Waals surface area contributed by atoms with Crippen molar-refractivity contribution < 1.29 is 19.1 Å². The number of methoxy groups -OCH3 is 1. The van der Waals surface area contributed by atoms with Gasteiger partial charge in [0.25, 0.3) is 0 Å². The Labute approximate surface area is 117 Å². The highest BCUT2D eigenvalue weighted by atomic mass is 16.5. The van der Waals surface area contributed by atoms with E-state index in [1.165, 1.54) is 0 Å². The average Bonchev–Trinajstić information content (AvgIpc) is 2.86. The lowest BCUT2D eigenvalue weighted by molar-refractivity contribution is -0.123. The van der Waals surface area contributed by atoms with Gasteiger partial charge in [-0.15, -0.1) is 0 Å². The second-order valence-electron chi connectivity index (χ2n) is 4.49. The van der Waals surface area contributed by atoms with Crippen LogP contribution < -0.4 is 20.1 Å². The Morgan fingerprint density at radius 2 is 2.25 bits per heavy atom. The Kier molecular flexibility index (Phi) is 4.45. The highest BCUT2D eigenvalue weighted by molar-refractivity contribution is 5.97. The summed E-state index contributed by atoms with van der Waals surface area (Å²) in [7, 11) is 1.56. The summed E-state index contributed by atoms with van der Waals surface area (Å²) in [6.45, 7) is 2.77. The number of carbonyl (C=O) groups excluding carboxylic acids is 2. The molecule has 1 atom stereocenters. The van der Waals surface area contributed by atoms with Crippen molar-refractivity contribution in [1.82, 2.24) is 5.32 Å². The maximum atomic E-state index is 12.0. The third-order valence-corrected chi connectivity index (χ3v) is 3.08. The van der Waals surface area contributed by atoms with E-state index in [1.54, 1.807) is 25.3 Å². The SMILES string of the molecule is CCOc1cc(NC(=O)C2CNC(=O)C2)ccc1OC. The molecule has 20 heavy (non-hydrogen) atoms. The fourth-order valence-electron chi connectivity index (χ4n) is 2.06. The zero-order chi connectivity index (χ0) is 14.5. The van der Waals surface area contributed by atoms with Gasteiger partial charge in [-0.25, -0.2) is 0 Å². The second kappa shape index (κ2) is 6.27. The first-order valence-electron chi connectivity index (χ1n) is 6.52. The Bertz CT molecular complexity index is 516. The Hall–Kier alpha value is -2.24. The molecule has 1 aliphatic heterocycles. The topological polar surface area (TPSA) is 76.7 Å². The number of carbonyl (C=O) groups is 2. The van der Waals surface area contributed by atoms with Crippen LogP contribution in [0, 0.1) is 5.92 Å². The molecule has 6 nitrogen and oxygen atoms in total. The first kappa shape index (κ1) is 14.2. The fourth-order valence-corrected chi connectivity index (χ4v) is 2.06. The van der Waals surface area contributed by atoms with Crippen LogP contribution in [0.5, 0.6) is 11.5 Å². The van der Waals surface area contributed by atoms with Crippen molar-refractivity contribution in [3.05, 3.63) is 18.2 Å². The molecule has 0 bridgehead atoms.